The van der Waals surface area contributed by atoms with Gasteiger partial charge < -0.3 is 15.0 Å². The topological polar surface area (TPSA) is 87.7 Å². The number of fused-ring (bicyclic) bond motifs is 1. The highest BCUT2D eigenvalue weighted by atomic mass is 19.1. The number of benzene rings is 2. The van der Waals surface area contributed by atoms with Gasteiger partial charge in [-0.15, -0.1) is 0 Å². The first-order valence-electron chi connectivity index (χ1n) is 9.78. The number of amides is 3. The Labute approximate surface area is 172 Å². The number of hydrogen-bond donors (Lipinski definition) is 2. The zero-order valence-corrected chi connectivity index (χ0v) is 16.1. The molecule has 0 radical (unpaired) electrons. The molecule has 0 aromatic heterocycles. The molecule has 156 valence electrons. The van der Waals surface area contributed by atoms with Crippen LogP contribution in [0.5, 0.6) is 5.75 Å². The molecule has 4 rings (SSSR count). The summed E-state index contributed by atoms with van der Waals surface area (Å²) in [7, 11) is 1.45. The van der Waals surface area contributed by atoms with Gasteiger partial charge in [0.1, 0.15) is 23.4 Å². The van der Waals surface area contributed by atoms with Crippen molar-refractivity contribution in [2.45, 2.75) is 31.9 Å². The van der Waals surface area contributed by atoms with Gasteiger partial charge in [0.15, 0.2) is 0 Å². The van der Waals surface area contributed by atoms with Crippen LogP contribution in [0, 0.1) is 11.6 Å². The molecule has 0 unspecified atom stereocenters. The van der Waals surface area contributed by atoms with E-state index in [4.69, 9.17) is 6.11 Å². The van der Waals surface area contributed by atoms with Crippen LogP contribution in [-0.2, 0) is 22.7 Å². The van der Waals surface area contributed by atoms with E-state index in [1.807, 2.05) is 0 Å². The van der Waals surface area contributed by atoms with Gasteiger partial charge in [-0.25, -0.2) is 8.78 Å². The second-order valence-corrected chi connectivity index (χ2v) is 7.01. The molecule has 0 spiro atoms. The van der Waals surface area contributed by atoms with Gasteiger partial charge in [-0.05, 0) is 36.8 Å². The van der Waals surface area contributed by atoms with Crippen LogP contribution in [0.3, 0.4) is 0 Å². The lowest BCUT2D eigenvalue weighted by atomic mass is 10.0. The van der Waals surface area contributed by atoms with Crippen LogP contribution in [0.4, 0.5) is 14.5 Å². The molecule has 1 atom stereocenters. The summed E-state index contributed by atoms with van der Waals surface area (Å²) in [6.45, 7) is -0.128. The van der Waals surface area contributed by atoms with Crippen molar-refractivity contribution in [3.05, 3.63) is 58.7 Å². The number of piperidine rings is 1. The SMILES string of the molecule is [2H][C@]1(N2Cc3c(NCc4cc(OC)ccc4F)cc(F)cc3C2=O)CCC(=O)NC1=O. The smallest absolute Gasteiger partial charge is 0.255 e. The van der Waals surface area contributed by atoms with Crippen LogP contribution >= 0.6 is 0 Å². The first-order chi connectivity index (χ1) is 14.7. The number of anilines is 1. The number of carbonyl (C=O) groups excluding carboxylic acids is 3. The highest BCUT2D eigenvalue weighted by Gasteiger charge is 2.40. The Morgan fingerprint density at radius 1 is 1.27 bits per heavy atom. The summed E-state index contributed by atoms with van der Waals surface area (Å²) >= 11 is 0. The van der Waals surface area contributed by atoms with Crippen LogP contribution in [0.25, 0.3) is 0 Å². The number of ether oxygens (including phenoxy) is 1. The van der Waals surface area contributed by atoms with Crippen LogP contribution < -0.4 is 15.4 Å². The fourth-order valence-corrected chi connectivity index (χ4v) is 3.62. The van der Waals surface area contributed by atoms with Crippen molar-refractivity contribution in [3.63, 3.8) is 0 Å². The number of hydrogen-bond acceptors (Lipinski definition) is 5. The first kappa shape index (κ1) is 18.5. The molecule has 9 heteroatoms. The van der Waals surface area contributed by atoms with Gasteiger partial charge in [0, 0.05) is 41.9 Å². The van der Waals surface area contributed by atoms with E-state index < -0.39 is 35.4 Å². The molecule has 1 fully saturated rings. The lowest BCUT2D eigenvalue weighted by Gasteiger charge is -2.29. The molecule has 2 heterocycles. The number of rotatable bonds is 5. The molecule has 2 N–H and O–H groups in total. The minimum Gasteiger partial charge on any atom is -0.497 e. The van der Waals surface area contributed by atoms with E-state index in [-0.39, 0.29) is 42.7 Å². The highest BCUT2D eigenvalue weighted by molar-refractivity contribution is 6.06. The van der Waals surface area contributed by atoms with Crippen LogP contribution in [0.15, 0.2) is 30.3 Å². The Balaban J connectivity index is 1.62. The fourth-order valence-electron chi connectivity index (χ4n) is 3.62. The molecule has 3 amide bonds. The zero-order chi connectivity index (χ0) is 22.3. The Bertz CT molecular complexity index is 1110. The molecule has 2 aliphatic rings. The maximum Gasteiger partial charge on any atom is 0.255 e. The summed E-state index contributed by atoms with van der Waals surface area (Å²) in [5.41, 5.74) is 0.945. The van der Waals surface area contributed by atoms with Crippen molar-refractivity contribution in [3.8, 4) is 5.75 Å². The monoisotopic (exact) mass is 416 g/mol. The molecule has 2 aliphatic heterocycles. The minimum absolute atomic E-state index is 0.00583. The van der Waals surface area contributed by atoms with Crippen molar-refractivity contribution in [2.24, 2.45) is 0 Å². The quantitative estimate of drug-likeness (QED) is 0.731. The molecule has 7 nitrogen and oxygen atoms in total. The summed E-state index contributed by atoms with van der Waals surface area (Å²) in [4.78, 5) is 37.7. The summed E-state index contributed by atoms with van der Waals surface area (Å²) in [6.07, 6.45) is -0.235. The Morgan fingerprint density at radius 2 is 2.07 bits per heavy atom. The van der Waals surface area contributed by atoms with Crippen molar-refractivity contribution in [1.82, 2.24) is 10.2 Å². The fraction of sp³-hybridized carbons (Fsp3) is 0.286. The number of carbonyl (C=O) groups is 3. The summed E-state index contributed by atoms with van der Waals surface area (Å²) in [5.74, 6) is -2.79. The van der Waals surface area contributed by atoms with Gasteiger partial charge in [0.25, 0.3) is 5.91 Å². The van der Waals surface area contributed by atoms with Gasteiger partial charge in [-0.3, -0.25) is 19.7 Å². The number of nitrogens with zero attached hydrogens (tertiary/aromatic N) is 1. The molecule has 1 saturated heterocycles. The van der Waals surface area contributed by atoms with Gasteiger partial charge in [-0.1, -0.05) is 0 Å². The number of imide groups is 1. The Hall–Kier alpha value is -3.49. The average Bonchev–Trinajstić information content (AvgIpc) is 3.07. The first-order valence-corrected chi connectivity index (χ1v) is 9.28. The number of methoxy groups -OCH3 is 1. The van der Waals surface area contributed by atoms with Crippen molar-refractivity contribution in [2.75, 3.05) is 12.4 Å². The predicted octanol–water partition coefficient (Wildman–Crippen LogP) is 2.35. The van der Waals surface area contributed by atoms with E-state index in [9.17, 15) is 23.2 Å². The number of nitrogens with one attached hydrogen (secondary N) is 2. The maximum absolute atomic E-state index is 14.2. The molecular weight excluding hydrogens is 396 g/mol. The van der Waals surface area contributed by atoms with Crippen LogP contribution in [0.1, 0.15) is 35.7 Å². The van der Waals surface area contributed by atoms with Crippen molar-refractivity contribution >= 4 is 23.4 Å². The maximum atomic E-state index is 14.2. The third-order valence-electron chi connectivity index (χ3n) is 5.16. The minimum atomic E-state index is -1.98. The highest BCUT2D eigenvalue weighted by Crippen LogP contribution is 2.33. The lowest BCUT2D eigenvalue weighted by Crippen LogP contribution is -2.52. The van der Waals surface area contributed by atoms with E-state index in [1.165, 1.54) is 31.4 Å². The van der Waals surface area contributed by atoms with E-state index in [2.05, 4.69) is 10.6 Å². The van der Waals surface area contributed by atoms with Gasteiger partial charge >= 0.3 is 0 Å². The number of halogens is 2. The molecule has 2 aromatic carbocycles. The molecule has 0 saturated carbocycles. The van der Waals surface area contributed by atoms with E-state index in [0.717, 1.165) is 11.0 Å². The molecular formula is C21H19F2N3O4. The van der Waals surface area contributed by atoms with Crippen molar-refractivity contribution in [1.29, 1.82) is 0 Å². The van der Waals surface area contributed by atoms with Crippen LogP contribution in [0.2, 0.25) is 0 Å². The molecule has 30 heavy (non-hydrogen) atoms. The molecule has 0 bridgehead atoms. The second kappa shape index (κ2) is 7.74. The van der Waals surface area contributed by atoms with E-state index in [0.29, 0.717) is 11.3 Å². The zero-order valence-electron chi connectivity index (χ0n) is 17.1. The summed E-state index contributed by atoms with van der Waals surface area (Å²) < 4.78 is 42.0. The summed E-state index contributed by atoms with van der Waals surface area (Å²) in [6, 6.07) is 4.48. The Morgan fingerprint density at radius 3 is 2.80 bits per heavy atom. The normalized spacial score (nSPS) is 21.2. The van der Waals surface area contributed by atoms with Gasteiger partial charge in [-0.2, -0.15) is 0 Å². The standard InChI is InChI=1S/C21H19F2N3O4/c1-30-13-2-3-16(23)11(6-13)9-24-17-8-12(22)7-14-15(17)10-26(21(14)29)18-4-5-19(27)25-20(18)28/h2-3,6-8,18,24H,4-5,9-10H2,1H3,(H,25,27,28)/t18-/m0/s1/i18D. The van der Waals surface area contributed by atoms with Crippen LogP contribution in [-0.4, -0.2) is 35.7 Å². The molecule has 0 aliphatic carbocycles. The predicted molar refractivity (Wildman–Crippen MR) is 103 cm³/mol. The van der Waals surface area contributed by atoms with E-state index in [1.54, 1.807) is 0 Å². The third-order valence-corrected chi connectivity index (χ3v) is 5.16. The van der Waals surface area contributed by atoms with Gasteiger partial charge in [0.05, 0.1) is 8.48 Å². The molecule has 2 aromatic rings. The second-order valence-electron chi connectivity index (χ2n) is 7.01. The van der Waals surface area contributed by atoms with Crippen molar-refractivity contribution < 1.29 is 29.3 Å². The van der Waals surface area contributed by atoms with Gasteiger partial charge in [0.2, 0.25) is 11.8 Å². The summed E-state index contributed by atoms with van der Waals surface area (Å²) in [5, 5.41) is 5.02. The third kappa shape index (κ3) is 3.58. The Kier molecular flexibility index (Phi) is 4.78. The lowest BCUT2D eigenvalue weighted by molar-refractivity contribution is -0.136. The van der Waals surface area contributed by atoms with E-state index >= 15 is 0 Å². The average molecular weight is 416 g/mol. The largest absolute Gasteiger partial charge is 0.497 e.